The number of ether oxygens (including phenoxy) is 2. The Morgan fingerprint density at radius 3 is 2.75 bits per heavy atom. The molecule has 0 spiro atoms. The van der Waals surface area contributed by atoms with Crippen LogP contribution < -0.4 is 5.56 Å². The van der Waals surface area contributed by atoms with Gasteiger partial charge in [0, 0.05) is 23.5 Å². The van der Waals surface area contributed by atoms with Crippen molar-refractivity contribution in [1.82, 2.24) is 9.88 Å². The van der Waals surface area contributed by atoms with Gasteiger partial charge in [0.05, 0.1) is 12.2 Å². The van der Waals surface area contributed by atoms with Gasteiger partial charge in [0.15, 0.2) is 6.61 Å². The number of amides is 1. The van der Waals surface area contributed by atoms with Gasteiger partial charge in [-0.15, -0.1) is 0 Å². The van der Waals surface area contributed by atoms with Crippen molar-refractivity contribution in [2.45, 2.75) is 32.2 Å². The zero-order chi connectivity index (χ0) is 20.1. The normalized spacial score (nSPS) is 16.6. The lowest BCUT2D eigenvalue weighted by molar-refractivity contribution is -0.157. The van der Waals surface area contributed by atoms with Crippen molar-refractivity contribution >= 4 is 28.7 Å². The first-order valence-electron chi connectivity index (χ1n) is 9.26. The van der Waals surface area contributed by atoms with E-state index in [1.807, 2.05) is 0 Å². The van der Waals surface area contributed by atoms with Crippen LogP contribution in [-0.2, 0) is 19.1 Å². The number of fused-ring (bicyclic) bond motifs is 1. The Morgan fingerprint density at radius 2 is 1.96 bits per heavy atom. The third-order valence-electron chi connectivity index (χ3n) is 4.68. The second-order valence-electron chi connectivity index (χ2n) is 6.52. The fourth-order valence-electron chi connectivity index (χ4n) is 3.38. The molecule has 0 saturated carbocycles. The fraction of sp³-hybridized carbons (Fsp3) is 0.400. The van der Waals surface area contributed by atoms with E-state index in [1.54, 1.807) is 31.2 Å². The zero-order valence-electron chi connectivity index (χ0n) is 15.6. The van der Waals surface area contributed by atoms with Gasteiger partial charge in [-0.1, -0.05) is 18.2 Å². The lowest BCUT2D eigenvalue weighted by Gasteiger charge is -2.33. The Hall–Kier alpha value is -3.16. The molecule has 1 atom stereocenters. The molecule has 28 heavy (non-hydrogen) atoms. The molecule has 1 aliphatic heterocycles. The third-order valence-corrected chi connectivity index (χ3v) is 4.68. The number of esters is 2. The third kappa shape index (κ3) is 4.21. The average Bonchev–Trinajstić information content (AvgIpc) is 2.71. The quantitative estimate of drug-likeness (QED) is 0.783. The summed E-state index contributed by atoms with van der Waals surface area (Å²) in [5, 5.41) is 0.530. The number of H-pyrrole nitrogens is 1. The summed E-state index contributed by atoms with van der Waals surface area (Å²) < 4.78 is 10.2. The monoisotopic (exact) mass is 386 g/mol. The standard InChI is InChI=1S/C20H22N2O6/c1-2-27-20(26)16-9-5-6-10-22(16)18(24)12-28-19(25)14-11-17(23)21-15-8-4-3-7-13(14)15/h3-4,7-8,11,16H,2,5-6,9-10,12H2,1H3,(H,21,23)/t16-/m0/s1. The molecular formula is C20H22N2O6. The van der Waals surface area contributed by atoms with Crippen LogP contribution in [0.3, 0.4) is 0 Å². The van der Waals surface area contributed by atoms with Crippen LogP contribution in [0.1, 0.15) is 36.5 Å². The highest BCUT2D eigenvalue weighted by Crippen LogP contribution is 2.19. The van der Waals surface area contributed by atoms with E-state index in [2.05, 4.69) is 4.98 Å². The Labute approximate surface area is 161 Å². The van der Waals surface area contributed by atoms with Gasteiger partial charge >= 0.3 is 11.9 Å². The van der Waals surface area contributed by atoms with E-state index >= 15 is 0 Å². The molecule has 0 radical (unpaired) electrons. The van der Waals surface area contributed by atoms with Crippen molar-refractivity contribution in [1.29, 1.82) is 0 Å². The Kier molecular flexibility index (Phi) is 6.08. The molecule has 1 saturated heterocycles. The van der Waals surface area contributed by atoms with E-state index < -0.39 is 36.1 Å². The molecule has 8 heteroatoms. The SMILES string of the molecule is CCOC(=O)[C@@H]1CCCCN1C(=O)COC(=O)c1cc(=O)[nH]c2ccccc12. The lowest BCUT2D eigenvalue weighted by atomic mass is 10.0. The van der Waals surface area contributed by atoms with E-state index in [1.165, 1.54) is 4.90 Å². The van der Waals surface area contributed by atoms with Gasteiger partial charge in [-0.05, 0) is 32.3 Å². The van der Waals surface area contributed by atoms with Gasteiger partial charge in [-0.2, -0.15) is 0 Å². The number of hydrogen-bond acceptors (Lipinski definition) is 6. The van der Waals surface area contributed by atoms with E-state index in [4.69, 9.17) is 9.47 Å². The summed E-state index contributed by atoms with van der Waals surface area (Å²) in [5.41, 5.74) is 0.162. The van der Waals surface area contributed by atoms with Crippen molar-refractivity contribution < 1.29 is 23.9 Å². The Balaban J connectivity index is 1.71. The van der Waals surface area contributed by atoms with E-state index in [9.17, 15) is 19.2 Å². The maximum Gasteiger partial charge on any atom is 0.339 e. The smallest absolute Gasteiger partial charge is 0.339 e. The first-order valence-corrected chi connectivity index (χ1v) is 9.26. The molecule has 1 aromatic carbocycles. The molecule has 0 bridgehead atoms. The first kappa shape index (κ1) is 19.6. The largest absolute Gasteiger partial charge is 0.464 e. The summed E-state index contributed by atoms with van der Waals surface area (Å²) in [4.78, 5) is 53.0. The number of benzene rings is 1. The highest BCUT2D eigenvalue weighted by molar-refractivity contribution is 6.03. The molecule has 0 unspecified atom stereocenters. The molecule has 8 nitrogen and oxygen atoms in total. The van der Waals surface area contributed by atoms with Crippen LogP contribution in [0.5, 0.6) is 0 Å². The highest BCUT2D eigenvalue weighted by Gasteiger charge is 2.33. The van der Waals surface area contributed by atoms with Crippen LogP contribution in [0, 0.1) is 0 Å². The Morgan fingerprint density at radius 1 is 1.18 bits per heavy atom. The van der Waals surface area contributed by atoms with Gasteiger partial charge in [-0.25, -0.2) is 9.59 Å². The molecule has 0 aliphatic carbocycles. The molecule has 1 aromatic heterocycles. The van der Waals surface area contributed by atoms with Crippen LogP contribution in [-0.4, -0.2) is 53.5 Å². The molecule has 3 rings (SSSR count). The topological polar surface area (TPSA) is 106 Å². The molecule has 1 N–H and O–H groups in total. The number of pyridine rings is 1. The zero-order valence-corrected chi connectivity index (χ0v) is 15.6. The molecule has 1 aliphatic rings. The number of aromatic nitrogens is 1. The highest BCUT2D eigenvalue weighted by atomic mass is 16.5. The van der Waals surface area contributed by atoms with Gasteiger partial charge in [0.25, 0.3) is 5.91 Å². The minimum absolute atomic E-state index is 0.0905. The van der Waals surface area contributed by atoms with E-state index in [0.29, 0.717) is 23.9 Å². The first-order chi connectivity index (χ1) is 13.5. The molecule has 1 fully saturated rings. The summed E-state index contributed by atoms with van der Waals surface area (Å²) >= 11 is 0. The van der Waals surface area contributed by atoms with Crippen molar-refractivity contribution in [2.24, 2.45) is 0 Å². The maximum atomic E-state index is 12.6. The van der Waals surface area contributed by atoms with Crippen LogP contribution >= 0.6 is 0 Å². The summed E-state index contributed by atoms with van der Waals surface area (Å²) in [6.45, 7) is 1.85. The average molecular weight is 386 g/mol. The Bertz CT molecular complexity index is 951. The number of para-hydroxylation sites is 1. The number of carbonyl (C=O) groups is 3. The lowest BCUT2D eigenvalue weighted by Crippen LogP contribution is -2.50. The van der Waals surface area contributed by atoms with Gasteiger partial charge in [0.1, 0.15) is 6.04 Å². The number of aromatic amines is 1. The molecular weight excluding hydrogens is 364 g/mol. The molecule has 2 aromatic rings. The number of piperidine rings is 1. The molecule has 2 heterocycles. The van der Waals surface area contributed by atoms with Crippen molar-refractivity contribution in [3.05, 3.63) is 46.2 Å². The number of carbonyl (C=O) groups excluding carboxylic acids is 3. The number of nitrogens with zero attached hydrogens (tertiary/aromatic N) is 1. The number of rotatable bonds is 5. The predicted octanol–water partition coefficient (Wildman–Crippen LogP) is 1.63. The second kappa shape index (κ2) is 8.69. The fourth-order valence-corrected chi connectivity index (χ4v) is 3.38. The summed E-state index contributed by atoms with van der Waals surface area (Å²) in [5.74, 6) is -1.66. The summed E-state index contributed by atoms with van der Waals surface area (Å²) in [6.07, 6.45) is 2.12. The molecule has 1 amide bonds. The van der Waals surface area contributed by atoms with E-state index in [0.717, 1.165) is 18.9 Å². The maximum absolute atomic E-state index is 12.6. The van der Waals surface area contributed by atoms with Crippen LogP contribution in [0.25, 0.3) is 10.9 Å². The van der Waals surface area contributed by atoms with Gasteiger partial charge < -0.3 is 19.4 Å². The van der Waals surface area contributed by atoms with Crippen LogP contribution in [0.15, 0.2) is 35.1 Å². The van der Waals surface area contributed by atoms with Crippen molar-refractivity contribution in [2.75, 3.05) is 19.8 Å². The summed E-state index contributed by atoms with van der Waals surface area (Å²) in [6, 6.07) is 7.34. The number of hydrogen-bond donors (Lipinski definition) is 1. The van der Waals surface area contributed by atoms with E-state index in [-0.39, 0.29) is 12.2 Å². The van der Waals surface area contributed by atoms with Crippen LogP contribution in [0.4, 0.5) is 0 Å². The van der Waals surface area contributed by atoms with Gasteiger partial charge in [-0.3, -0.25) is 9.59 Å². The van der Waals surface area contributed by atoms with Crippen LogP contribution in [0.2, 0.25) is 0 Å². The minimum atomic E-state index is -0.764. The summed E-state index contributed by atoms with van der Waals surface area (Å²) in [7, 11) is 0. The van der Waals surface area contributed by atoms with Crippen molar-refractivity contribution in [3.8, 4) is 0 Å². The van der Waals surface area contributed by atoms with Crippen molar-refractivity contribution in [3.63, 3.8) is 0 Å². The van der Waals surface area contributed by atoms with Gasteiger partial charge in [0.2, 0.25) is 5.56 Å². The second-order valence-corrected chi connectivity index (χ2v) is 6.52. The predicted molar refractivity (Wildman–Crippen MR) is 101 cm³/mol. The minimum Gasteiger partial charge on any atom is -0.464 e. The molecule has 148 valence electrons. The number of likely N-dealkylation sites (tertiary alicyclic amines) is 1. The number of nitrogens with one attached hydrogen (secondary N) is 1.